The Labute approximate surface area is 120 Å². The molecular weight excluding hydrogens is 260 g/mol. The summed E-state index contributed by atoms with van der Waals surface area (Å²) in [6, 6.07) is 4.24. The van der Waals surface area contributed by atoms with Crippen molar-refractivity contribution in [3.8, 4) is 0 Å². The SMILES string of the molecule is CCCNC(CCC1CCCO1)c1ccc(Cl)cn1. The lowest BCUT2D eigenvalue weighted by molar-refractivity contribution is 0.0994. The largest absolute Gasteiger partial charge is 0.378 e. The number of rotatable bonds is 7. The van der Waals surface area contributed by atoms with Crippen LogP contribution in [-0.2, 0) is 4.74 Å². The van der Waals surface area contributed by atoms with E-state index in [1.165, 1.54) is 12.8 Å². The number of halogens is 1. The summed E-state index contributed by atoms with van der Waals surface area (Å²) in [5.74, 6) is 0. The van der Waals surface area contributed by atoms with Gasteiger partial charge in [-0.05, 0) is 50.8 Å². The summed E-state index contributed by atoms with van der Waals surface area (Å²) in [7, 11) is 0. The number of aromatic nitrogens is 1. The maximum atomic E-state index is 5.90. The van der Waals surface area contributed by atoms with Crippen LogP contribution in [-0.4, -0.2) is 24.2 Å². The predicted octanol–water partition coefficient (Wildman–Crippen LogP) is 3.73. The molecule has 0 aliphatic carbocycles. The molecule has 1 aliphatic rings. The number of pyridine rings is 1. The summed E-state index contributed by atoms with van der Waals surface area (Å²) in [5.41, 5.74) is 1.08. The molecule has 1 aromatic rings. The van der Waals surface area contributed by atoms with E-state index in [-0.39, 0.29) is 0 Å². The van der Waals surface area contributed by atoms with Crippen LogP contribution in [0.4, 0.5) is 0 Å². The van der Waals surface area contributed by atoms with E-state index in [9.17, 15) is 0 Å². The third kappa shape index (κ3) is 4.75. The molecule has 19 heavy (non-hydrogen) atoms. The normalized spacial score (nSPS) is 20.6. The summed E-state index contributed by atoms with van der Waals surface area (Å²) in [4.78, 5) is 4.44. The first kappa shape index (κ1) is 14.8. The molecule has 1 saturated heterocycles. The van der Waals surface area contributed by atoms with Gasteiger partial charge in [-0.3, -0.25) is 4.98 Å². The molecule has 2 unspecified atom stereocenters. The van der Waals surface area contributed by atoms with Gasteiger partial charge in [0.1, 0.15) is 0 Å². The lowest BCUT2D eigenvalue weighted by atomic mass is 10.0. The van der Waals surface area contributed by atoms with Gasteiger partial charge in [0, 0.05) is 18.8 Å². The van der Waals surface area contributed by atoms with Gasteiger partial charge in [0.15, 0.2) is 0 Å². The fraction of sp³-hybridized carbons (Fsp3) is 0.667. The Morgan fingerprint density at radius 3 is 3.05 bits per heavy atom. The molecule has 1 N–H and O–H groups in total. The van der Waals surface area contributed by atoms with Gasteiger partial charge in [-0.25, -0.2) is 0 Å². The van der Waals surface area contributed by atoms with E-state index in [0.717, 1.165) is 38.1 Å². The van der Waals surface area contributed by atoms with Crippen molar-refractivity contribution in [2.24, 2.45) is 0 Å². The summed E-state index contributed by atoms with van der Waals surface area (Å²) >= 11 is 5.90. The number of hydrogen-bond acceptors (Lipinski definition) is 3. The molecule has 1 aliphatic heterocycles. The van der Waals surface area contributed by atoms with Crippen molar-refractivity contribution in [2.75, 3.05) is 13.2 Å². The minimum Gasteiger partial charge on any atom is -0.378 e. The molecular formula is C15H23ClN2O. The fourth-order valence-electron chi connectivity index (χ4n) is 2.49. The van der Waals surface area contributed by atoms with Gasteiger partial charge in [0.25, 0.3) is 0 Å². The highest BCUT2D eigenvalue weighted by atomic mass is 35.5. The van der Waals surface area contributed by atoms with Crippen LogP contribution in [0.1, 0.15) is 50.8 Å². The van der Waals surface area contributed by atoms with E-state index >= 15 is 0 Å². The molecule has 0 amide bonds. The van der Waals surface area contributed by atoms with Crippen molar-refractivity contribution >= 4 is 11.6 Å². The second-order valence-corrected chi connectivity index (χ2v) is 5.56. The van der Waals surface area contributed by atoms with Crippen LogP contribution in [0, 0.1) is 0 Å². The second kappa shape index (κ2) is 7.83. The number of nitrogens with zero attached hydrogens (tertiary/aromatic N) is 1. The van der Waals surface area contributed by atoms with E-state index in [1.807, 2.05) is 12.1 Å². The van der Waals surface area contributed by atoms with E-state index in [4.69, 9.17) is 16.3 Å². The molecule has 3 nitrogen and oxygen atoms in total. The highest BCUT2D eigenvalue weighted by Crippen LogP contribution is 2.23. The second-order valence-electron chi connectivity index (χ2n) is 5.12. The lowest BCUT2D eigenvalue weighted by Crippen LogP contribution is -2.24. The van der Waals surface area contributed by atoms with Gasteiger partial charge in [-0.2, -0.15) is 0 Å². The third-order valence-electron chi connectivity index (χ3n) is 3.55. The molecule has 106 valence electrons. The average molecular weight is 283 g/mol. The molecule has 0 aromatic carbocycles. The van der Waals surface area contributed by atoms with Crippen molar-refractivity contribution in [2.45, 2.75) is 51.2 Å². The van der Waals surface area contributed by atoms with Crippen LogP contribution < -0.4 is 5.32 Å². The molecule has 4 heteroatoms. The van der Waals surface area contributed by atoms with Gasteiger partial charge in [-0.1, -0.05) is 18.5 Å². The molecule has 2 atom stereocenters. The van der Waals surface area contributed by atoms with E-state index in [1.54, 1.807) is 6.20 Å². The Morgan fingerprint density at radius 2 is 2.42 bits per heavy atom. The molecule has 1 aromatic heterocycles. The van der Waals surface area contributed by atoms with Crippen LogP contribution in [0.3, 0.4) is 0 Å². The zero-order chi connectivity index (χ0) is 13.5. The average Bonchev–Trinajstić information content (AvgIpc) is 2.93. The van der Waals surface area contributed by atoms with Crippen LogP contribution in [0.5, 0.6) is 0 Å². The number of hydrogen-bond donors (Lipinski definition) is 1. The first-order chi connectivity index (χ1) is 9.29. The van der Waals surface area contributed by atoms with Crippen LogP contribution in [0.2, 0.25) is 5.02 Å². The molecule has 0 spiro atoms. The molecule has 0 radical (unpaired) electrons. The molecule has 2 rings (SSSR count). The first-order valence-electron chi connectivity index (χ1n) is 7.26. The zero-order valence-corrected chi connectivity index (χ0v) is 12.3. The summed E-state index contributed by atoms with van der Waals surface area (Å²) in [6.07, 6.45) is 7.88. The van der Waals surface area contributed by atoms with Crippen molar-refractivity contribution in [1.29, 1.82) is 0 Å². The number of ether oxygens (including phenoxy) is 1. The maximum absolute atomic E-state index is 5.90. The Kier molecular flexibility index (Phi) is 6.08. The highest BCUT2D eigenvalue weighted by Gasteiger charge is 2.19. The van der Waals surface area contributed by atoms with Crippen molar-refractivity contribution in [3.63, 3.8) is 0 Å². The van der Waals surface area contributed by atoms with Gasteiger partial charge >= 0.3 is 0 Å². The Balaban J connectivity index is 1.91. The smallest absolute Gasteiger partial charge is 0.0589 e. The van der Waals surface area contributed by atoms with E-state index in [0.29, 0.717) is 17.2 Å². The van der Waals surface area contributed by atoms with Crippen LogP contribution in [0.15, 0.2) is 18.3 Å². The highest BCUT2D eigenvalue weighted by molar-refractivity contribution is 6.30. The molecule has 0 bridgehead atoms. The van der Waals surface area contributed by atoms with Crippen molar-refractivity contribution in [1.82, 2.24) is 10.3 Å². The summed E-state index contributed by atoms with van der Waals surface area (Å²) < 4.78 is 5.69. The van der Waals surface area contributed by atoms with E-state index in [2.05, 4.69) is 17.2 Å². The van der Waals surface area contributed by atoms with Crippen molar-refractivity contribution < 1.29 is 4.74 Å². The molecule has 2 heterocycles. The van der Waals surface area contributed by atoms with E-state index < -0.39 is 0 Å². The third-order valence-corrected chi connectivity index (χ3v) is 3.77. The molecule has 0 saturated carbocycles. The number of nitrogens with one attached hydrogen (secondary N) is 1. The lowest BCUT2D eigenvalue weighted by Gasteiger charge is -2.19. The zero-order valence-electron chi connectivity index (χ0n) is 11.6. The Bertz CT molecular complexity index is 363. The molecule has 1 fully saturated rings. The van der Waals surface area contributed by atoms with Gasteiger partial charge in [0.2, 0.25) is 0 Å². The minimum atomic E-state index is 0.307. The van der Waals surface area contributed by atoms with Crippen LogP contribution in [0.25, 0.3) is 0 Å². The minimum absolute atomic E-state index is 0.307. The monoisotopic (exact) mass is 282 g/mol. The predicted molar refractivity (Wildman–Crippen MR) is 78.5 cm³/mol. The Morgan fingerprint density at radius 1 is 1.53 bits per heavy atom. The van der Waals surface area contributed by atoms with Crippen LogP contribution >= 0.6 is 11.6 Å². The fourth-order valence-corrected chi connectivity index (χ4v) is 2.60. The van der Waals surface area contributed by atoms with Gasteiger partial charge in [-0.15, -0.1) is 0 Å². The Hall–Kier alpha value is -0.640. The van der Waals surface area contributed by atoms with Gasteiger partial charge in [0.05, 0.1) is 16.8 Å². The topological polar surface area (TPSA) is 34.1 Å². The summed E-state index contributed by atoms with van der Waals surface area (Å²) in [5, 5.41) is 4.26. The maximum Gasteiger partial charge on any atom is 0.0589 e. The standard InChI is InChI=1S/C15H23ClN2O/c1-2-9-17-14(8-6-13-4-3-10-19-13)15-7-5-12(16)11-18-15/h5,7,11,13-14,17H,2-4,6,8-10H2,1H3. The van der Waals surface area contributed by atoms with Crippen molar-refractivity contribution in [3.05, 3.63) is 29.0 Å². The first-order valence-corrected chi connectivity index (χ1v) is 7.64. The summed E-state index contributed by atoms with van der Waals surface area (Å²) in [6.45, 7) is 4.12. The quantitative estimate of drug-likeness (QED) is 0.827. The van der Waals surface area contributed by atoms with Gasteiger partial charge < -0.3 is 10.1 Å².